The van der Waals surface area contributed by atoms with E-state index in [1.807, 2.05) is 43.6 Å². The highest BCUT2D eigenvalue weighted by molar-refractivity contribution is 6.14. The van der Waals surface area contributed by atoms with Crippen LogP contribution in [0.3, 0.4) is 0 Å². The average molecular weight is 418 g/mol. The molecule has 2 aliphatic rings. The lowest BCUT2D eigenvalue weighted by atomic mass is 9.74. The molecule has 1 N–H and O–H groups in total. The van der Waals surface area contributed by atoms with Crippen LogP contribution in [-0.2, 0) is 0 Å². The van der Waals surface area contributed by atoms with E-state index in [1.165, 1.54) is 0 Å². The molecule has 1 aliphatic heterocycles. The number of ether oxygens (including phenoxy) is 2. The van der Waals surface area contributed by atoms with Gasteiger partial charge >= 0.3 is 0 Å². The van der Waals surface area contributed by atoms with Gasteiger partial charge in [-0.25, -0.2) is 9.67 Å². The molecule has 160 valence electrons. The van der Waals surface area contributed by atoms with Gasteiger partial charge in [-0.15, -0.1) is 0 Å². The maximum absolute atomic E-state index is 10.3. The minimum absolute atomic E-state index is 0.138. The van der Waals surface area contributed by atoms with Gasteiger partial charge in [-0.3, -0.25) is 4.99 Å². The van der Waals surface area contributed by atoms with E-state index in [-0.39, 0.29) is 18.1 Å². The number of rotatable bonds is 5. The molecule has 0 bridgehead atoms. The first-order valence-electron chi connectivity index (χ1n) is 10.7. The summed E-state index contributed by atoms with van der Waals surface area (Å²) < 4.78 is 13.2. The van der Waals surface area contributed by atoms with Gasteiger partial charge in [0.15, 0.2) is 17.3 Å². The second kappa shape index (κ2) is 8.15. The van der Waals surface area contributed by atoms with Gasteiger partial charge in [-0.1, -0.05) is 0 Å². The van der Waals surface area contributed by atoms with E-state index in [1.54, 1.807) is 18.0 Å². The van der Waals surface area contributed by atoms with Crippen LogP contribution in [0.25, 0.3) is 5.82 Å². The van der Waals surface area contributed by atoms with Crippen molar-refractivity contribution in [1.82, 2.24) is 14.8 Å². The summed E-state index contributed by atoms with van der Waals surface area (Å²) in [6.07, 6.45) is 7.51. The summed E-state index contributed by atoms with van der Waals surface area (Å²) in [7, 11) is 1.65. The Morgan fingerprint density at radius 3 is 2.81 bits per heavy atom. The van der Waals surface area contributed by atoms with Crippen molar-refractivity contribution in [2.45, 2.75) is 44.2 Å². The van der Waals surface area contributed by atoms with Crippen LogP contribution in [-0.4, -0.2) is 51.4 Å². The fraction of sp³-hybridized carbons (Fsp3) is 0.375. The molecule has 2 aromatic heterocycles. The molecule has 0 amide bonds. The first kappa shape index (κ1) is 19.8. The Labute approximate surface area is 181 Å². The molecule has 7 heteroatoms. The van der Waals surface area contributed by atoms with Gasteiger partial charge in [0.05, 0.1) is 31.6 Å². The Morgan fingerprint density at radius 2 is 2.10 bits per heavy atom. The van der Waals surface area contributed by atoms with Gasteiger partial charge in [0.2, 0.25) is 0 Å². The van der Waals surface area contributed by atoms with Crippen molar-refractivity contribution in [2.24, 2.45) is 4.99 Å². The Hall–Kier alpha value is -3.19. The number of aliphatic imine (C=N–C) groups is 1. The standard InChI is InChI=1S/C24H26N4O3/c1-3-31-22-12-17-18-11-16(29)6-7-20(18)27-24(19(17)13-21(22)30-2)15-5-8-23(25-14-15)28-10-4-9-26-28/h4-5,8-10,12-14,16,18,20,29H,3,6-7,11H2,1-2H3/t16-,18-,20-/m1/s1. The fourth-order valence-electron chi connectivity index (χ4n) is 4.67. The molecule has 1 fully saturated rings. The van der Waals surface area contributed by atoms with Crippen molar-refractivity contribution in [3.8, 4) is 17.3 Å². The van der Waals surface area contributed by atoms with Gasteiger partial charge in [-0.05, 0) is 62.1 Å². The lowest BCUT2D eigenvalue weighted by molar-refractivity contribution is 0.111. The minimum atomic E-state index is -0.293. The van der Waals surface area contributed by atoms with Crippen LogP contribution in [0.4, 0.5) is 0 Å². The van der Waals surface area contributed by atoms with Gasteiger partial charge < -0.3 is 14.6 Å². The zero-order chi connectivity index (χ0) is 21.4. The van der Waals surface area contributed by atoms with E-state index in [0.717, 1.165) is 46.8 Å². The molecule has 5 rings (SSSR count). The van der Waals surface area contributed by atoms with Crippen LogP contribution in [0.1, 0.15) is 48.8 Å². The monoisotopic (exact) mass is 418 g/mol. The van der Waals surface area contributed by atoms with E-state index in [4.69, 9.17) is 14.5 Å². The van der Waals surface area contributed by atoms with E-state index in [0.29, 0.717) is 18.8 Å². The number of aliphatic hydroxyl groups excluding tert-OH is 1. The summed E-state index contributed by atoms with van der Waals surface area (Å²) in [4.78, 5) is 9.74. The summed E-state index contributed by atoms with van der Waals surface area (Å²) in [5.74, 6) is 2.34. The third kappa shape index (κ3) is 3.59. The third-order valence-electron chi connectivity index (χ3n) is 6.13. The zero-order valence-corrected chi connectivity index (χ0v) is 17.7. The Balaban J connectivity index is 1.61. The van der Waals surface area contributed by atoms with Crippen LogP contribution in [0.5, 0.6) is 11.5 Å². The number of fused-ring (bicyclic) bond motifs is 3. The maximum Gasteiger partial charge on any atom is 0.161 e. The molecule has 3 atom stereocenters. The van der Waals surface area contributed by atoms with Gasteiger partial charge in [0, 0.05) is 35.6 Å². The Bertz CT molecular complexity index is 1090. The molecule has 31 heavy (non-hydrogen) atoms. The molecular formula is C24H26N4O3. The predicted octanol–water partition coefficient (Wildman–Crippen LogP) is 3.52. The quantitative estimate of drug-likeness (QED) is 0.686. The molecule has 0 unspecified atom stereocenters. The van der Waals surface area contributed by atoms with Crippen LogP contribution >= 0.6 is 0 Å². The Morgan fingerprint density at radius 1 is 1.19 bits per heavy atom. The van der Waals surface area contributed by atoms with E-state index < -0.39 is 0 Å². The molecular weight excluding hydrogens is 392 g/mol. The molecule has 3 heterocycles. The SMILES string of the molecule is CCOc1cc2c(cc1OC)C(c1ccc(-n3cccn3)nc1)=N[C@@H]1CC[C@@H](O)C[C@H]21. The number of hydrogen-bond acceptors (Lipinski definition) is 6. The van der Waals surface area contributed by atoms with Crippen molar-refractivity contribution in [1.29, 1.82) is 0 Å². The van der Waals surface area contributed by atoms with Crippen molar-refractivity contribution in [3.05, 3.63) is 65.6 Å². The molecule has 3 aromatic rings. The molecule has 7 nitrogen and oxygen atoms in total. The number of methoxy groups -OCH3 is 1. The molecule has 0 radical (unpaired) electrons. The topological polar surface area (TPSA) is 81.8 Å². The van der Waals surface area contributed by atoms with Gasteiger partial charge in [-0.2, -0.15) is 5.10 Å². The normalized spacial score (nSPS) is 22.3. The van der Waals surface area contributed by atoms with E-state index in [2.05, 4.69) is 16.1 Å². The van der Waals surface area contributed by atoms with Gasteiger partial charge in [0.1, 0.15) is 0 Å². The third-order valence-corrected chi connectivity index (χ3v) is 6.13. The van der Waals surface area contributed by atoms with Crippen molar-refractivity contribution in [2.75, 3.05) is 13.7 Å². The minimum Gasteiger partial charge on any atom is -0.493 e. The second-order valence-corrected chi connectivity index (χ2v) is 8.00. The molecule has 0 spiro atoms. The highest BCUT2D eigenvalue weighted by Crippen LogP contribution is 2.44. The van der Waals surface area contributed by atoms with Crippen molar-refractivity contribution >= 4 is 5.71 Å². The van der Waals surface area contributed by atoms with E-state index in [9.17, 15) is 5.11 Å². The van der Waals surface area contributed by atoms with Gasteiger partial charge in [0.25, 0.3) is 0 Å². The zero-order valence-electron chi connectivity index (χ0n) is 17.7. The molecule has 1 aliphatic carbocycles. The highest BCUT2D eigenvalue weighted by Gasteiger charge is 2.37. The first-order valence-corrected chi connectivity index (χ1v) is 10.7. The number of hydrogen-bond donors (Lipinski definition) is 1. The first-order chi connectivity index (χ1) is 15.2. The smallest absolute Gasteiger partial charge is 0.161 e. The van der Waals surface area contributed by atoms with Crippen LogP contribution in [0.15, 0.2) is 53.9 Å². The van der Waals surface area contributed by atoms with Crippen molar-refractivity contribution < 1.29 is 14.6 Å². The number of benzene rings is 1. The average Bonchev–Trinajstić information content (AvgIpc) is 3.34. The van der Waals surface area contributed by atoms with Crippen LogP contribution < -0.4 is 9.47 Å². The highest BCUT2D eigenvalue weighted by atomic mass is 16.5. The summed E-state index contributed by atoms with van der Waals surface area (Å²) in [6.45, 7) is 2.53. The van der Waals surface area contributed by atoms with Crippen LogP contribution in [0, 0.1) is 0 Å². The molecule has 0 saturated heterocycles. The number of pyridine rings is 1. The maximum atomic E-state index is 10.3. The number of nitrogens with zero attached hydrogens (tertiary/aromatic N) is 4. The van der Waals surface area contributed by atoms with Crippen molar-refractivity contribution in [3.63, 3.8) is 0 Å². The summed E-state index contributed by atoms with van der Waals surface area (Å²) in [5, 5.41) is 14.6. The lowest BCUT2D eigenvalue weighted by Gasteiger charge is -2.37. The molecule has 1 saturated carbocycles. The second-order valence-electron chi connectivity index (χ2n) is 8.00. The Kier molecular flexibility index (Phi) is 5.19. The van der Waals surface area contributed by atoms with Crippen LogP contribution in [0.2, 0.25) is 0 Å². The number of aliphatic hydroxyl groups is 1. The lowest BCUT2D eigenvalue weighted by Crippen LogP contribution is -2.34. The summed E-state index contributed by atoms with van der Waals surface area (Å²) in [5.41, 5.74) is 4.04. The number of aromatic nitrogens is 3. The molecule has 1 aromatic carbocycles. The fourth-order valence-corrected chi connectivity index (χ4v) is 4.67. The predicted molar refractivity (Wildman–Crippen MR) is 118 cm³/mol. The summed E-state index contributed by atoms with van der Waals surface area (Å²) in [6, 6.07) is 10.1. The largest absolute Gasteiger partial charge is 0.493 e. The summed E-state index contributed by atoms with van der Waals surface area (Å²) >= 11 is 0. The van der Waals surface area contributed by atoms with E-state index >= 15 is 0 Å².